The summed E-state index contributed by atoms with van der Waals surface area (Å²) >= 11 is 0. The first kappa shape index (κ1) is 42.8. The van der Waals surface area contributed by atoms with E-state index >= 15 is 0 Å². The topological polar surface area (TPSA) is 127 Å². The molecule has 5 aliphatic rings. The van der Waals surface area contributed by atoms with Gasteiger partial charge in [-0.05, 0) is 106 Å². The highest BCUT2D eigenvalue weighted by Gasteiger charge is 2.56. The molecule has 2 aliphatic heterocycles. The normalized spacial score (nSPS) is 26.2. The zero-order valence-electron chi connectivity index (χ0n) is 35.8. The molecule has 2 heterocycles. The molecule has 3 aromatic rings. The number of nitrogens with zero attached hydrogens (tertiary/aromatic N) is 3. The van der Waals surface area contributed by atoms with Crippen molar-refractivity contribution >= 4 is 17.5 Å². The van der Waals surface area contributed by atoms with Gasteiger partial charge in [0.15, 0.2) is 0 Å². The average Bonchev–Trinajstić information content (AvgIpc) is 3.87. The number of nitrogens with one attached hydrogen (secondary N) is 2. The third-order valence-corrected chi connectivity index (χ3v) is 13.6. The number of fused-ring (bicyclic) bond motifs is 2. The predicted octanol–water partition coefficient (Wildman–Crippen LogP) is 5.84. The van der Waals surface area contributed by atoms with E-state index in [0.717, 1.165) is 66.8 Å². The number of carbonyl (C=O) groups is 2. The van der Waals surface area contributed by atoms with E-state index < -0.39 is 24.2 Å². The Morgan fingerprint density at radius 1 is 1.05 bits per heavy atom. The Balaban J connectivity index is 1.17. The van der Waals surface area contributed by atoms with Crippen molar-refractivity contribution in [2.24, 2.45) is 23.2 Å². The zero-order valence-corrected chi connectivity index (χ0v) is 35.8. The highest BCUT2D eigenvalue weighted by molar-refractivity contribution is 5.97. The highest BCUT2D eigenvalue weighted by atomic mass is 16.7. The Labute approximate surface area is 350 Å². The molecule has 3 saturated carbocycles. The molecule has 2 bridgehead atoms. The summed E-state index contributed by atoms with van der Waals surface area (Å²) in [5, 5.41) is 29.7. The van der Waals surface area contributed by atoms with Gasteiger partial charge in [-0.3, -0.25) is 14.4 Å². The second kappa shape index (κ2) is 18.2. The van der Waals surface area contributed by atoms with Crippen molar-refractivity contribution < 1.29 is 29.4 Å². The number of likely N-dealkylation sites (tertiary alicyclic amines) is 1. The Bertz CT molecular complexity index is 1960. The number of anilines is 1. The number of benzene rings is 3. The van der Waals surface area contributed by atoms with E-state index in [-0.39, 0.29) is 42.5 Å². The van der Waals surface area contributed by atoms with E-state index in [4.69, 9.17) is 9.57 Å². The second-order valence-electron chi connectivity index (χ2n) is 18.1. The molecule has 5 fully saturated rings. The van der Waals surface area contributed by atoms with Crippen LogP contribution in [0.15, 0.2) is 78.9 Å². The molecule has 3 aromatic carbocycles. The van der Waals surface area contributed by atoms with Gasteiger partial charge in [0.1, 0.15) is 17.9 Å². The molecule has 8 rings (SSSR count). The second-order valence-corrected chi connectivity index (χ2v) is 18.1. The SMILES string of the molecule is C=C1[C@@H](NC(=O)[C@@H]2[C@H]([C@H](C)O)[C@H](CO)ON2Cc2cccc(-c3cc(C(=O)N[C@@H](Cc4ccccc4)CN4CCCC4)cc(N(C)C)c3)c2OCC)C[C@H]2C[C@@H]1C2(C)C. The molecular formula is C48H65N5O6. The predicted molar refractivity (Wildman–Crippen MR) is 232 cm³/mol. The van der Waals surface area contributed by atoms with Crippen molar-refractivity contribution in [3.8, 4) is 16.9 Å². The van der Waals surface area contributed by atoms with Crippen LogP contribution >= 0.6 is 0 Å². The lowest BCUT2D eigenvalue weighted by Gasteiger charge is -2.60. The van der Waals surface area contributed by atoms with Crippen molar-refractivity contribution in [1.82, 2.24) is 20.6 Å². The molecule has 11 heteroatoms. The fourth-order valence-electron chi connectivity index (χ4n) is 10.2. The average molecular weight is 808 g/mol. The van der Waals surface area contributed by atoms with E-state index in [1.807, 2.05) is 74.4 Å². The lowest BCUT2D eigenvalue weighted by atomic mass is 9.46. The van der Waals surface area contributed by atoms with E-state index in [0.29, 0.717) is 29.8 Å². The lowest BCUT2D eigenvalue weighted by Crippen LogP contribution is -2.59. The molecule has 4 N–H and O–H groups in total. The van der Waals surface area contributed by atoms with E-state index in [9.17, 15) is 19.8 Å². The first-order valence-electron chi connectivity index (χ1n) is 21.6. The van der Waals surface area contributed by atoms with Crippen molar-refractivity contribution in [2.45, 2.75) is 96.7 Å². The van der Waals surface area contributed by atoms with Gasteiger partial charge in [-0.25, -0.2) is 0 Å². The number of amides is 2. The Kier molecular flexibility index (Phi) is 13.2. The van der Waals surface area contributed by atoms with Gasteiger partial charge in [0.05, 0.1) is 31.9 Å². The van der Waals surface area contributed by atoms with Crippen molar-refractivity contribution in [2.75, 3.05) is 51.8 Å². The first-order chi connectivity index (χ1) is 28.3. The van der Waals surface area contributed by atoms with Crippen LogP contribution < -0.4 is 20.3 Å². The number of hydroxylamine groups is 2. The summed E-state index contributed by atoms with van der Waals surface area (Å²) in [6, 6.07) is 21.0. The Morgan fingerprint density at radius 2 is 1.80 bits per heavy atom. The van der Waals surface area contributed by atoms with Gasteiger partial charge in [-0.1, -0.05) is 74.5 Å². The van der Waals surface area contributed by atoms with Crippen LogP contribution in [0.2, 0.25) is 0 Å². The number of para-hydroxylation sites is 1. The molecule has 8 atom stereocenters. The maximum Gasteiger partial charge on any atom is 0.251 e. The molecule has 0 unspecified atom stereocenters. The molecule has 2 saturated heterocycles. The molecule has 0 radical (unpaired) electrons. The lowest BCUT2D eigenvalue weighted by molar-refractivity contribution is -0.182. The third-order valence-electron chi connectivity index (χ3n) is 13.6. The maximum absolute atomic E-state index is 14.4. The largest absolute Gasteiger partial charge is 0.493 e. The smallest absolute Gasteiger partial charge is 0.251 e. The summed E-state index contributed by atoms with van der Waals surface area (Å²) in [5.41, 5.74) is 6.22. The van der Waals surface area contributed by atoms with Crippen molar-refractivity contribution in [3.05, 3.63) is 95.6 Å². The molecule has 59 heavy (non-hydrogen) atoms. The fourth-order valence-corrected chi connectivity index (χ4v) is 10.2. The number of hydrogen-bond acceptors (Lipinski definition) is 9. The van der Waals surface area contributed by atoms with Crippen LogP contribution in [0.4, 0.5) is 5.69 Å². The van der Waals surface area contributed by atoms with Gasteiger partial charge in [0.25, 0.3) is 5.91 Å². The van der Waals surface area contributed by atoms with Crippen LogP contribution in [0.5, 0.6) is 5.75 Å². The third kappa shape index (κ3) is 9.10. The van der Waals surface area contributed by atoms with Crippen LogP contribution in [0, 0.1) is 23.2 Å². The van der Waals surface area contributed by atoms with E-state index in [2.05, 4.69) is 54.2 Å². The quantitative estimate of drug-likeness (QED) is 0.132. The minimum atomic E-state index is -0.923. The van der Waals surface area contributed by atoms with Crippen LogP contribution in [0.3, 0.4) is 0 Å². The number of ether oxygens (including phenoxy) is 1. The summed E-state index contributed by atoms with van der Waals surface area (Å²) in [5.74, 6) is 0.424. The molecule has 0 spiro atoms. The Hall–Kier alpha value is -4.26. The van der Waals surface area contributed by atoms with Gasteiger partial charge in [0.2, 0.25) is 5.91 Å². The fraction of sp³-hybridized carbons (Fsp3) is 0.542. The van der Waals surface area contributed by atoms with Crippen LogP contribution in [-0.4, -0.2) is 109 Å². The minimum absolute atomic E-state index is 0.0655. The molecular weight excluding hydrogens is 743 g/mol. The summed E-state index contributed by atoms with van der Waals surface area (Å²) in [7, 11) is 3.93. The van der Waals surface area contributed by atoms with Crippen LogP contribution in [0.25, 0.3) is 11.1 Å². The molecule has 0 aromatic heterocycles. The number of aliphatic hydroxyl groups excluding tert-OH is 2. The van der Waals surface area contributed by atoms with Crippen molar-refractivity contribution in [1.29, 1.82) is 0 Å². The minimum Gasteiger partial charge on any atom is -0.493 e. The summed E-state index contributed by atoms with van der Waals surface area (Å²) in [6.45, 7) is 15.6. The van der Waals surface area contributed by atoms with Gasteiger partial charge in [0, 0.05) is 55.0 Å². The number of hydrogen-bond donors (Lipinski definition) is 4. The summed E-state index contributed by atoms with van der Waals surface area (Å²) < 4.78 is 6.42. The standard InChI is InChI=1S/C48H65N5O6/c1-8-58-45-33(27-53-44(43(31(3)55)42(29-54)59-53)47(57)50-41-26-36-25-40(30(41)2)48(36,4)5)17-14-18-39(45)34-22-35(24-38(23-34)51(6)7)46(56)49-37(28-52-19-12-13-20-52)21-32-15-10-9-11-16-32/h9-11,14-18,22-24,31,36-37,40-44,54-55H,2,8,12-13,19-21,25-29H2,1,3-7H3,(H,49,56)(H,50,57)/t31-,36+,37-,40-,41-,42-,43+,44-/m0/s1. The van der Waals surface area contributed by atoms with E-state index in [1.165, 1.54) is 18.4 Å². The van der Waals surface area contributed by atoms with Gasteiger partial charge < -0.3 is 35.4 Å². The maximum atomic E-state index is 14.4. The van der Waals surface area contributed by atoms with Gasteiger partial charge in [-0.15, -0.1) is 0 Å². The zero-order chi connectivity index (χ0) is 42.0. The van der Waals surface area contributed by atoms with E-state index in [1.54, 1.807) is 12.0 Å². The first-order valence-corrected chi connectivity index (χ1v) is 21.6. The van der Waals surface area contributed by atoms with Crippen LogP contribution in [-0.2, 0) is 22.6 Å². The molecule has 11 nitrogen and oxygen atoms in total. The summed E-state index contributed by atoms with van der Waals surface area (Å²) in [6.07, 6.45) is 3.33. The number of rotatable bonds is 16. The van der Waals surface area contributed by atoms with Gasteiger partial charge in [-0.2, -0.15) is 5.06 Å². The highest BCUT2D eigenvalue weighted by Crippen LogP contribution is 2.60. The van der Waals surface area contributed by atoms with Crippen LogP contribution in [0.1, 0.15) is 74.9 Å². The Morgan fingerprint density at radius 3 is 2.44 bits per heavy atom. The van der Waals surface area contributed by atoms with Crippen molar-refractivity contribution in [3.63, 3.8) is 0 Å². The number of aliphatic hydroxyl groups is 2. The molecule has 2 amide bonds. The number of carbonyl (C=O) groups excluding carboxylic acids is 2. The summed E-state index contributed by atoms with van der Waals surface area (Å²) in [4.78, 5) is 39.4. The van der Waals surface area contributed by atoms with Gasteiger partial charge >= 0.3 is 0 Å². The molecule has 3 aliphatic carbocycles. The monoisotopic (exact) mass is 807 g/mol. The molecule has 318 valence electrons.